The quantitative estimate of drug-likeness (QED) is 0.857. The van der Waals surface area contributed by atoms with Crippen molar-refractivity contribution in [2.75, 3.05) is 18.0 Å². The lowest BCUT2D eigenvalue weighted by molar-refractivity contribution is 0.243. The summed E-state index contributed by atoms with van der Waals surface area (Å²) in [5.74, 6) is 0. The van der Waals surface area contributed by atoms with Gasteiger partial charge in [-0.25, -0.2) is 4.79 Å². The van der Waals surface area contributed by atoms with Gasteiger partial charge in [-0.05, 0) is 40.5 Å². The number of carbonyl (C=O) groups excluding carboxylic acids is 1. The number of amides is 2. The molecule has 2 rings (SSSR count). The van der Waals surface area contributed by atoms with Crippen LogP contribution in [0.3, 0.4) is 0 Å². The van der Waals surface area contributed by atoms with Crippen LogP contribution in [-0.2, 0) is 0 Å². The zero-order chi connectivity index (χ0) is 11.5. The molecule has 1 aliphatic heterocycles. The average molecular weight is 280 g/mol. The van der Waals surface area contributed by atoms with Crippen molar-refractivity contribution in [3.05, 3.63) is 28.2 Å². The summed E-state index contributed by atoms with van der Waals surface area (Å²) in [6.07, 6.45) is 0.929. The molecule has 0 atom stereocenters. The van der Waals surface area contributed by atoms with Crippen molar-refractivity contribution in [1.29, 1.82) is 5.26 Å². The van der Waals surface area contributed by atoms with Gasteiger partial charge in [0.15, 0.2) is 0 Å². The normalized spacial score (nSPS) is 15.5. The summed E-state index contributed by atoms with van der Waals surface area (Å²) < 4.78 is 0.767. The molecule has 0 saturated carbocycles. The molecule has 1 saturated heterocycles. The van der Waals surface area contributed by atoms with Crippen LogP contribution in [-0.4, -0.2) is 19.1 Å². The minimum absolute atomic E-state index is 0.0864. The molecule has 1 aromatic carbocycles. The number of carbonyl (C=O) groups is 1. The van der Waals surface area contributed by atoms with E-state index in [1.807, 2.05) is 0 Å². The van der Waals surface area contributed by atoms with E-state index in [0.717, 1.165) is 23.1 Å². The lowest BCUT2D eigenvalue weighted by Crippen LogP contribution is -2.46. The van der Waals surface area contributed by atoms with Gasteiger partial charge in [0, 0.05) is 17.6 Å². The third-order valence-electron chi connectivity index (χ3n) is 2.45. The Labute approximate surface area is 102 Å². The number of rotatable bonds is 1. The molecule has 0 radical (unpaired) electrons. The van der Waals surface area contributed by atoms with Crippen LogP contribution in [0.2, 0.25) is 0 Å². The molecule has 5 heteroatoms. The molecule has 0 bridgehead atoms. The fraction of sp³-hybridized carbons (Fsp3) is 0.273. The largest absolute Gasteiger partial charge is 0.338 e. The zero-order valence-corrected chi connectivity index (χ0v) is 10.1. The molecule has 2 amide bonds. The molecule has 1 N–H and O–H groups in total. The summed E-state index contributed by atoms with van der Waals surface area (Å²) >= 11 is 3.38. The maximum atomic E-state index is 11.6. The molecule has 0 aliphatic carbocycles. The second-order valence-electron chi connectivity index (χ2n) is 3.52. The number of hydrogen-bond acceptors (Lipinski definition) is 2. The van der Waals surface area contributed by atoms with Gasteiger partial charge in [-0.15, -0.1) is 0 Å². The lowest BCUT2D eigenvalue weighted by atomic mass is 10.2. The standard InChI is InChI=1S/C11H10BrN3O/c12-9-6-8(7-13)2-3-10(9)15-5-1-4-14-11(15)16/h2-3,6H,1,4-5H2,(H,14,16). The van der Waals surface area contributed by atoms with Gasteiger partial charge in [0.25, 0.3) is 0 Å². The van der Waals surface area contributed by atoms with Crippen molar-refractivity contribution in [1.82, 2.24) is 5.32 Å². The number of anilines is 1. The van der Waals surface area contributed by atoms with Crippen LogP contribution in [0, 0.1) is 11.3 Å². The van der Waals surface area contributed by atoms with Crippen LogP contribution in [0.15, 0.2) is 22.7 Å². The molecule has 1 heterocycles. The highest BCUT2D eigenvalue weighted by molar-refractivity contribution is 9.10. The number of nitrogens with zero attached hydrogens (tertiary/aromatic N) is 2. The first kappa shape index (κ1) is 11.0. The summed E-state index contributed by atoms with van der Waals surface area (Å²) in [6.45, 7) is 1.43. The van der Waals surface area contributed by atoms with Gasteiger partial charge in [0.2, 0.25) is 0 Å². The topological polar surface area (TPSA) is 56.1 Å². The van der Waals surface area contributed by atoms with E-state index in [1.165, 1.54) is 0 Å². The predicted molar refractivity (Wildman–Crippen MR) is 64.2 cm³/mol. The third-order valence-corrected chi connectivity index (χ3v) is 3.08. The van der Waals surface area contributed by atoms with Gasteiger partial charge in [0.05, 0.1) is 17.3 Å². The van der Waals surface area contributed by atoms with E-state index in [1.54, 1.807) is 23.1 Å². The minimum atomic E-state index is -0.0864. The highest BCUT2D eigenvalue weighted by Gasteiger charge is 2.20. The van der Waals surface area contributed by atoms with Gasteiger partial charge in [-0.1, -0.05) is 0 Å². The van der Waals surface area contributed by atoms with Crippen molar-refractivity contribution in [3.8, 4) is 6.07 Å². The Hall–Kier alpha value is -1.54. The Balaban J connectivity index is 2.33. The fourth-order valence-electron chi connectivity index (χ4n) is 1.65. The number of nitriles is 1. The first-order chi connectivity index (χ1) is 7.72. The van der Waals surface area contributed by atoms with Crippen molar-refractivity contribution < 1.29 is 4.79 Å². The molecule has 0 aromatic heterocycles. The molecule has 4 nitrogen and oxygen atoms in total. The number of urea groups is 1. The SMILES string of the molecule is N#Cc1ccc(N2CCCNC2=O)c(Br)c1. The second-order valence-corrected chi connectivity index (χ2v) is 4.37. The van der Waals surface area contributed by atoms with Crippen molar-refractivity contribution in [3.63, 3.8) is 0 Å². The molecule has 82 valence electrons. The van der Waals surface area contributed by atoms with Crippen LogP contribution in [0.4, 0.5) is 10.5 Å². The molecule has 0 spiro atoms. The first-order valence-corrected chi connectivity index (χ1v) is 5.76. The smallest absolute Gasteiger partial charge is 0.321 e. The van der Waals surface area contributed by atoms with Gasteiger partial charge in [-0.2, -0.15) is 5.26 Å². The first-order valence-electron chi connectivity index (χ1n) is 4.97. The zero-order valence-electron chi connectivity index (χ0n) is 8.53. The number of hydrogen-bond donors (Lipinski definition) is 1. The average Bonchev–Trinajstić information content (AvgIpc) is 2.30. The maximum Gasteiger partial charge on any atom is 0.321 e. The molecule has 16 heavy (non-hydrogen) atoms. The summed E-state index contributed by atoms with van der Waals surface area (Å²) in [6, 6.07) is 7.19. The van der Waals surface area contributed by atoms with Crippen molar-refractivity contribution >= 4 is 27.6 Å². The Morgan fingerprint density at radius 2 is 2.31 bits per heavy atom. The van der Waals surface area contributed by atoms with Crippen LogP contribution < -0.4 is 10.2 Å². The van der Waals surface area contributed by atoms with E-state index in [-0.39, 0.29) is 6.03 Å². The molecular weight excluding hydrogens is 270 g/mol. The monoisotopic (exact) mass is 279 g/mol. The molecule has 1 fully saturated rings. The Morgan fingerprint density at radius 1 is 1.50 bits per heavy atom. The van der Waals surface area contributed by atoms with E-state index in [0.29, 0.717) is 12.1 Å². The van der Waals surface area contributed by atoms with Gasteiger partial charge >= 0.3 is 6.03 Å². The molecular formula is C11H10BrN3O. The number of halogens is 1. The third kappa shape index (κ3) is 2.02. The van der Waals surface area contributed by atoms with Gasteiger partial charge < -0.3 is 5.32 Å². The highest BCUT2D eigenvalue weighted by Crippen LogP contribution is 2.28. The summed E-state index contributed by atoms with van der Waals surface area (Å²) in [5, 5.41) is 11.5. The van der Waals surface area contributed by atoms with Crippen molar-refractivity contribution in [2.24, 2.45) is 0 Å². The molecule has 0 unspecified atom stereocenters. The van der Waals surface area contributed by atoms with Crippen LogP contribution >= 0.6 is 15.9 Å². The van der Waals surface area contributed by atoms with Crippen LogP contribution in [0.5, 0.6) is 0 Å². The molecule has 1 aliphatic rings. The fourth-order valence-corrected chi connectivity index (χ4v) is 2.25. The summed E-state index contributed by atoms with van der Waals surface area (Å²) in [4.78, 5) is 13.3. The Kier molecular flexibility index (Phi) is 3.11. The predicted octanol–water partition coefficient (Wildman–Crippen LogP) is 2.24. The van der Waals surface area contributed by atoms with Gasteiger partial charge in [-0.3, -0.25) is 4.90 Å². The number of nitrogens with one attached hydrogen (secondary N) is 1. The summed E-state index contributed by atoms with van der Waals surface area (Å²) in [5.41, 5.74) is 1.38. The highest BCUT2D eigenvalue weighted by atomic mass is 79.9. The van der Waals surface area contributed by atoms with E-state index in [2.05, 4.69) is 27.3 Å². The van der Waals surface area contributed by atoms with Gasteiger partial charge in [0.1, 0.15) is 0 Å². The molecule has 1 aromatic rings. The maximum absolute atomic E-state index is 11.6. The van der Waals surface area contributed by atoms with E-state index < -0.39 is 0 Å². The Bertz CT molecular complexity index is 467. The summed E-state index contributed by atoms with van der Waals surface area (Å²) in [7, 11) is 0. The second kappa shape index (κ2) is 4.54. The van der Waals surface area contributed by atoms with Crippen LogP contribution in [0.25, 0.3) is 0 Å². The minimum Gasteiger partial charge on any atom is -0.338 e. The van der Waals surface area contributed by atoms with Crippen LogP contribution in [0.1, 0.15) is 12.0 Å². The lowest BCUT2D eigenvalue weighted by Gasteiger charge is -2.28. The Morgan fingerprint density at radius 3 is 2.94 bits per heavy atom. The van der Waals surface area contributed by atoms with E-state index >= 15 is 0 Å². The van der Waals surface area contributed by atoms with E-state index in [9.17, 15) is 4.79 Å². The number of benzene rings is 1. The van der Waals surface area contributed by atoms with Crippen molar-refractivity contribution in [2.45, 2.75) is 6.42 Å². The van der Waals surface area contributed by atoms with E-state index in [4.69, 9.17) is 5.26 Å².